The van der Waals surface area contributed by atoms with Crippen molar-refractivity contribution < 1.29 is 0 Å². The fraction of sp³-hybridized carbons (Fsp3) is 0.0250. The van der Waals surface area contributed by atoms with E-state index in [1.54, 1.807) is 0 Å². The molecule has 1 heterocycles. The zero-order chi connectivity index (χ0) is 31.6. The van der Waals surface area contributed by atoms with Crippen LogP contribution in [0.25, 0.3) is 0 Å². The molecule has 0 aliphatic rings. The van der Waals surface area contributed by atoms with E-state index in [1.165, 1.54) is 32.7 Å². The zero-order valence-corrected chi connectivity index (χ0v) is 28.3. The fourth-order valence-electron chi connectivity index (χ4n) is 6.10. The molecule has 0 amide bonds. The van der Waals surface area contributed by atoms with Gasteiger partial charge >= 0.3 is 0 Å². The second-order valence-corrected chi connectivity index (χ2v) is 14.2. The van der Waals surface area contributed by atoms with E-state index in [0.717, 1.165) is 10.0 Å². The largest absolute Gasteiger partial charge is 0.326 e. The predicted molar refractivity (Wildman–Crippen MR) is 200 cm³/mol. The van der Waals surface area contributed by atoms with E-state index in [0.29, 0.717) is 6.71 Å². The second kappa shape index (κ2) is 15.1. The molecule has 0 spiro atoms. The molecule has 6 aromatic carbocycles. The average molecular weight is 652 g/mol. The van der Waals surface area contributed by atoms with Crippen molar-refractivity contribution in [3.63, 3.8) is 0 Å². The first-order valence-corrected chi connectivity index (χ1v) is 17.5. The molecule has 0 aliphatic carbocycles. The summed E-state index contributed by atoms with van der Waals surface area (Å²) in [6.07, 6.45) is 5.78. The van der Waals surface area contributed by atoms with Crippen molar-refractivity contribution in [2.24, 2.45) is 0 Å². The lowest BCUT2D eigenvalue weighted by Crippen LogP contribution is -2.51. The summed E-state index contributed by atoms with van der Waals surface area (Å²) >= 11 is 12.4. The Balaban J connectivity index is 0.000000172. The molecule has 0 aliphatic heterocycles. The van der Waals surface area contributed by atoms with E-state index < -0.39 is 9.52 Å². The SMILES string of the molecule is Clc1ccc(C([SiH2]c2ccccc2)(c2ccc(Cl)cc2)n2ccnc2)cc1.c1ccc(B(c2ccccc2)c2ccccc2)cc1. The summed E-state index contributed by atoms with van der Waals surface area (Å²) in [4.78, 5) is 4.35. The van der Waals surface area contributed by atoms with Crippen molar-refractivity contribution >= 4 is 61.0 Å². The molecule has 0 bridgehead atoms. The van der Waals surface area contributed by atoms with Crippen LogP contribution >= 0.6 is 23.2 Å². The van der Waals surface area contributed by atoms with Crippen LogP contribution in [0.15, 0.2) is 189 Å². The summed E-state index contributed by atoms with van der Waals surface area (Å²) in [5.41, 5.74) is 6.39. The van der Waals surface area contributed by atoms with Gasteiger partial charge in [0, 0.05) is 22.4 Å². The number of rotatable bonds is 8. The molecule has 2 nitrogen and oxygen atoms in total. The van der Waals surface area contributed by atoms with Crippen LogP contribution in [0, 0.1) is 0 Å². The Morgan fingerprint density at radius 1 is 0.500 bits per heavy atom. The quantitative estimate of drug-likeness (QED) is 0.169. The van der Waals surface area contributed by atoms with Gasteiger partial charge in [0.1, 0.15) is 0 Å². The third kappa shape index (κ3) is 7.27. The molecular weight excluding hydrogens is 618 g/mol. The van der Waals surface area contributed by atoms with E-state index in [4.69, 9.17) is 23.2 Å². The van der Waals surface area contributed by atoms with Crippen molar-refractivity contribution in [3.05, 3.63) is 210 Å². The van der Waals surface area contributed by atoms with Crippen LogP contribution in [-0.2, 0) is 5.16 Å². The molecule has 0 N–H and O–H groups in total. The Morgan fingerprint density at radius 3 is 1.26 bits per heavy atom. The van der Waals surface area contributed by atoms with E-state index in [-0.39, 0.29) is 5.16 Å². The lowest BCUT2D eigenvalue weighted by Gasteiger charge is -2.37. The standard InChI is InChI=1S/C22H18Cl2N2Si.C18H15B/c23-19-10-6-17(7-11-19)22(26-15-14-25-16-26,18-8-12-20(24)13-9-18)27-21-4-2-1-3-5-21;1-4-10-16(11-5-1)19(17-12-6-2-7-13-17)18-14-8-3-9-15-18/h1-16H,27H2;1-15H. The predicted octanol–water partition coefficient (Wildman–Crippen LogP) is 6.64. The highest BCUT2D eigenvalue weighted by atomic mass is 35.5. The van der Waals surface area contributed by atoms with E-state index >= 15 is 0 Å². The van der Waals surface area contributed by atoms with Gasteiger partial charge in [-0.15, -0.1) is 0 Å². The zero-order valence-electron chi connectivity index (χ0n) is 25.3. The smallest absolute Gasteiger partial charge is 0.241 e. The maximum Gasteiger partial charge on any atom is 0.241 e. The first kappa shape index (κ1) is 31.4. The number of hydrogen-bond acceptors (Lipinski definition) is 1. The highest BCUT2D eigenvalue weighted by Crippen LogP contribution is 2.34. The minimum atomic E-state index is -0.858. The Kier molecular flexibility index (Phi) is 10.3. The first-order valence-electron chi connectivity index (χ1n) is 15.3. The molecule has 224 valence electrons. The summed E-state index contributed by atoms with van der Waals surface area (Å²) in [6, 6.07) is 59.0. The van der Waals surface area contributed by atoms with Crippen LogP contribution in [0.1, 0.15) is 11.1 Å². The Hall–Kier alpha value is -4.61. The van der Waals surface area contributed by atoms with Gasteiger partial charge in [-0.2, -0.15) is 0 Å². The molecule has 0 atom stereocenters. The molecule has 0 saturated carbocycles. The first-order chi connectivity index (χ1) is 22.6. The van der Waals surface area contributed by atoms with Crippen LogP contribution in [0.2, 0.25) is 10.0 Å². The number of halogens is 2. The van der Waals surface area contributed by atoms with Gasteiger partial charge in [-0.3, -0.25) is 0 Å². The minimum Gasteiger partial charge on any atom is -0.326 e. The van der Waals surface area contributed by atoms with Gasteiger partial charge in [-0.1, -0.05) is 190 Å². The van der Waals surface area contributed by atoms with Gasteiger partial charge in [0.05, 0.1) is 21.0 Å². The van der Waals surface area contributed by atoms with Crippen LogP contribution < -0.4 is 21.6 Å². The highest BCUT2D eigenvalue weighted by molar-refractivity contribution is 6.95. The molecule has 46 heavy (non-hydrogen) atoms. The van der Waals surface area contributed by atoms with Gasteiger partial charge in [-0.05, 0) is 35.4 Å². The van der Waals surface area contributed by atoms with Crippen LogP contribution in [0.5, 0.6) is 0 Å². The molecule has 7 aromatic rings. The van der Waals surface area contributed by atoms with Crippen LogP contribution in [-0.4, -0.2) is 25.8 Å². The summed E-state index contributed by atoms with van der Waals surface area (Å²) in [6.45, 7) is 0.309. The Bertz CT molecular complexity index is 1760. The van der Waals surface area contributed by atoms with Gasteiger partial charge in [-0.25, -0.2) is 4.98 Å². The summed E-state index contributed by atoms with van der Waals surface area (Å²) in [7, 11) is -0.858. The molecule has 7 rings (SSSR count). The molecule has 0 fully saturated rings. The minimum absolute atomic E-state index is 0.309. The average Bonchev–Trinajstić information content (AvgIpc) is 3.66. The van der Waals surface area contributed by atoms with Crippen LogP contribution in [0.3, 0.4) is 0 Å². The molecular formula is C40H33BCl2N2Si. The Labute approximate surface area is 284 Å². The fourth-order valence-corrected chi connectivity index (χ4v) is 8.70. The molecule has 0 unspecified atom stereocenters. The van der Waals surface area contributed by atoms with Gasteiger partial charge in [0.2, 0.25) is 6.71 Å². The topological polar surface area (TPSA) is 17.8 Å². The highest BCUT2D eigenvalue weighted by Gasteiger charge is 2.36. The normalized spacial score (nSPS) is 11.2. The lowest BCUT2D eigenvalue weighted by molar-refractivity contribution is 0.596. The summed E-state index contributed by atoms with van der Waals surface area (Å²) in [5, 5.41) is 2.51. The van der Waals surface area contributed by atoms with Crippen molar-refractivity contribution in [2.45, 2.75) is 5.16 Å². The van der Waals surface area contributed by atoms with Crippen molar-refractivity contribution in [3.8, 4) is 0 Å². The number of imidazole rings is 1. The third-order valence-corrected chi connectivity index (χ3v) is 11.4. The van der Waals surface area contributed by atoms with Crippen LogP contribution in [0.4, 0.5) is 0 Å². The number of aromatic nitrogens is 2. The van der Waals surface area contributed by atoms with Gasteiger partial charge in [0.15, 0.2) is 0 Å². The Morgan fingerprint density at radius 2 is 0.891 bits per heavy atom. The second-order valence-electron chi connectivity index (χ2n) is 11.2. The maximum absolute atomic E-state index is 6.19. The maximum atomic E-state index is 6.19. The molecule has 1 aromatic heterocycles. The van der Waals surface area contributed by atoms with E-state index in [9.17, 15) is 0 Å². The molecule has 0 radical (unpaired) electrons. The number of nitrogens with zero attached hydrogens (tertiary/aromatic N) is 2. The molecule has 0 saturated heterocycles. The third-order valence-electron chi connectivity index (χ3n) is 8.29. The summed E-state index contributed by atoms with van der Waals surface area (Å²) in [5.74, 6) is 0. The number of hydrogen-bond donors (Lipinski definition) is 0. The van der Waals surface area contributed by atoms with Crippen molar-refractivity contribution in [1.29, 1.82) is 0 Å². The number of benzene rings is 6. The van der Waals surface area contributed by atoms with Crippen molar-refractivity contribution in [2.75, 3.05) is 0 Å². The summed E-state index contributed by atoms with van der Waals surface area (Å²) < 4.78 is 2.22. The van der Waals surface area contributed by atoms with Gasteiger partial charge in [0.25, 0.3) is 0 Å². The van der Waals surface area contributed by atoms with Gasteiger partial charge < -0.3 is 4.57 Å². The monoisotopic (exact) mass is 650 g/mol. The molecule has 6 heteroatoms. The lowest BCUT2D eigenvalue weighted by atomic mass is 9.37. The van der Waals surface area contributed by atoms with E-state index in [1.807, 2.05) is 43.0 Å². The van der Waals surface area contributed by atoms with E-state index in [2.05, 4.69) is 155 Å². The van der Waals surface area contributed by atoms with Crippen molar-refractivity contribution in [1.82, 2.24) is 9.55 Å².